The number of halogens is 2. The second-order valence-electron chi connectivity index (χ2n) is 8.32. The Morgan fingerprint density at radius 2 is 1.86 bits per heavy atom. The smallest absolute Gasteiger partial charge is 0.307 e. The van der Waals surface area contributed by atoms with Crippen LogP contribution < -0.4 is 4.74 Å². The van der Waals surface area contributed by atoms with Crippen LogP contribution in [-0.4, -0.2) is 20.9 Å². The van der Waals surface area contributed by atoms with E-state index in [1.54, 1.807) is 30.3 Å². The molecule has 0 aliphatic carbocycles. The zero-order chi connectivity index (χ0) is 24.8. The Morgan fingerprint density at radius 3 is 2.57 bits per heavy atom. The van der Waals surface area contributed by atoms with Crippen LogP contribution in [0.5, 0.6) is 5.75 Å². The molecule has 1 aromatic heterocycles. The number of hydrogen-bond donors (Lipinski definition) is 1. The van der Waals surface area contributed by atoms with Crippen molar-refractivity contribution in [3.8, 4) is 28.3 Å². The Hall–Kier alpha value is -3.64. The molecular formula is C28H26ClFN2O3. The second kappa shape index (κ2) is 11.2. The van der Waals surface area contributed by atoms with Crippen molar-refractivity contribution in [3.05, 3.63) is 94.8 Å². The number of aliphatic carboxylic acids is 1. The van der Waals surface area contributed by atoms with Gasteiger partial charge in [0.2, 0.25) is 0 Å². The van der Waals surface area contributed by atoms with E-state index in [9.17, 15) is 14.3 Å². The molecule has 1 heterocycles. The highest BCUT2D eigenvalue weighted by Gasteiger charge is 2.17. The first-order valence-electron chi connectivity index (χ1n) is 11.5. The number of aromatic nitrogens is 2. The van der Waals surface area contributed by atoms with E-state index >= 15 is 0 Å². The van der Waals surface area contributed by atoms with Gasteiger partial charge in [0, 0.05) is 22.7 Å². The number of carboxylic acid groups (broad SMARTS) is 1. The molecule has 0 unspecified atom stereocenters. The van der Waals surface area contributed by atoms with E-state index in [1.807, 2.05) is 35.0 Å². The first-order valence-corrected chi connectivity index (χ1v) is 11.9. The average Bonchev–Trinajstić information content (AvgIpc) is 3.26. The predicted octanol–water partition coefficient (Wildman–Crippen LogP) is 7.02. The average molecular weight is 493 g/mol. The minimum atomic E-state index is -0.913. The Bertz CT molecular complexity index is 1320. The van der Waals surface area contributed by atoms with Gasteiger partial charge in [0.05, 0.1) is 17.8 Å². The molecule has 35 heavy (non-hydrogen) atoms. The van der Waals surface area contributed by atoms with Crippen LogP contribution >= 0.6 is 11.6 Å². The lowest BCUT2D eigenvalue weighted by Gasteiger charge is -2.12. The third-order valence-corrected chi connectivity index (χ3v) is 5.84. The lowest BCUT2D eigenvalue weighted by molar-refractivity contribution is -0.136. The summed E-state index contributed by atoms with van der Waals surface area (Å²) in [4.78, 5) is 11.3. The molecule has 5 nitrogen and oxygen atoms in total. The summed E-state index contributed by atoms with van der Waals surface area (Å²) in [6.07, 6.45) is 1.83. The molecule has 0 aliphatic heterocycles. The lowest BCUT2D eigenvalue weighted by atomic mass is 10.0. The van der Waals surface area contributed by atoms with E-state index in [2.05, 4.69) is 6.92 Å². The minimum absolute atomic E-state index is 0.108. The van der Waals surface area contributed by atoms with Gasteiger partial charge < -0.3 is 9.84 Å². The molecule has 1 N–H and O–H groups in total. The minimum Gasteiger partial charge on any atom is -0.488 e. The van der Waals surface area contributed by atoms with Gasteiger partial charge in [-0.25, -0.2) is 4.39 Å². The van der Waals surface area contributed by atoms with Gasteiger partial charge >= 0.3 is 5.97 Å². The number of aryl methyl sites for hydroxylation is 1. The van der Waals surface area contributed by atoms with Crippen LogP contribution in [0.15, 0.2) is 72.8 Å². The summed E-state index contributed by atoms with van der Waals surface area (Å²) >= 11 is 6.11. The number of carboxylic acids is 1. The van der Waals surface area contributed by atoms with Gasteiger partial charge in [0.15, 0.2) is 0 Å². The third-order valence-electron chi connectivity index (χ3n) is 5.60. The Labute approximate surface area is 208 Å². The molecule has 0 amide bonds. The van der Waals surface area contributed by atoms with Crippen molar-refractivity contribution >= 4 is 17.6 Å². The first-order chi connectivity index (χ1) is 16.9. The lowest BCUT2D eigenvalue weighted by Crippen LogP contribution is -2.03. The molecule has 0 fully saturated rings. The van der Waals surface area contributed by atoms with Crippen molar-refractivity contribution < 1.29 is 19.0 Å². The zero-order valence-electron chi connectivity index (χ0n) is 19.4. The van der Waals surface area contributed by atoms with Gasteiger partial charge in [-0.15, -0.1) is 0 Å². The Morgan fingerprint density at radius 1 is 1.06 bits per heavy atom. The molecule has 4 rings (SSSR count). The molecule has 0 spiro atoms. The quantitative estimate of drug-likeness (QED) is 0.258. The fourth-order valence-electron chi connectivity index (χ4n) is 3.86. The molecule has 3 aromatic carbocycles. The van der Waals surface area contributed by atoms with E-state index in [0.29, 0.717) is 40.7 Å². The van der Waals surface area contributed by atoms with Crippen LogP contribution in [0.1, 0.15) is 30.9 Å². The Kier molecular flexibility index (Phi) is 7.83. The van der Waals surface area contributed by atoms with Crippen molar-refractivity contribution in [3.63, 3.8) is 0 Å². The van der Waals surface area contributed by atoms with Gasteiger partial charge in [0.1, 0.15) is 18.2 Å². The van der Waals surface area contributed by atoms with E-state index in [4.69, 9.17) is 21.4 Å². The number of carbonyl (C=O) groups is 1. The molecule has 0 saturated carbocycles. The first kappa shape index (κ1) is 24.5. The Balaban J connectivity index is 1.75. The van der Waals surface area contributed by atoms with Crippen molar-refractivity contribution in [1.82, 2.24) is 9.78 Å². The molecule has 4 aromatic rings. The summed E-state index contributed by atoms with van der Waals surface area (Å²) in [7, 11) is 0. The van der Waals surface area contributed by atoms with Crippen molar-refractivity contribution in [1.29, 1.82) is 0 Å². The van der Waals surface area contributed by atoms with Crippen LogP contribution in [0.25, 0.3) is 22.5 Å². The van der Waals surface area contributed by atoms with E-state index in [-0.39, 0.29) is 12.2 Å². The van der Waals surface area contributed by atoms with E-state index in [0.717, 1.165) is 29.7 Å². The summed E-state index contributed by atoms with van der Waals surface area (Å²) in [5.74, 6) is -0.624. The number of unbranched alkanes of at least 4 members (excludes halogenated alkanes) is 1. The molecule has 0 aliphatic rings. The number of benzene rings is 3. The molecule has 0 saturated heterocycles. The fraction of sp³-hybridized carbons (Fsp3) is 0.214. The largest absolute Gasteiger partial charge is 0.488 e. The maximum Gasteiger partial charge on any atom is 0.307 e. The summed E-state index contributed by atoms with van der Waals surface area (Å²) < 4.78 is 21.6. The predicted molar refractivity (Wildman–Crippen MR) is 135 cm³/mol. The number of nitrogens with zero attached hydrogens (tertiary/aromatic N) is 2. The molecule has 0 radical (unpaired) electrons. The summed E-state index contributed by atoms with van der Waals surface area (Å²) in [5, 5.41) is 14.8. The monoisotopic (exact) mass is 492 g/mol. The van der Waals surface area contributed by atoms with E-state index < -0.39 is 5.97 Å². The van der Waals surface area contributed by atoms with Gasteiger partial charge in [-0.05, 0) is 72.1 Å². The van der Waals surface area contributed by atoms with E-state index in [1.165, 1.54) is 12.1 Å². The second-order valence-corrected chi connectivity index (χ2v) is 8.75. The molecule has 180 valence electrons. The number of hydrogen-bond acceptors (Lipinski definition) is 3. The fourth-order valence-corrected chi connectivity index (χ4v) is 4.07. The highest BCUT2D eigenvalue weighted by molar-refractivity contribution is 6.30. The van der Waals surface area contributed by atoms with Crippen LogP contribution in [0.2, 0.25) is 5.02 Å². The summed E-state index contributed by atoms with van der Waals surface area (Å²) in [5.41, 5.74) is 4.63. The third kappa shape index (κ3) is 6.28. The normalized spacial score (nSPS) is 10.9. The molecule has 0 atom stereocenters. The van der Waals surface area contributed by atoms with Gasteiger partial charge in [-0.2, -0.15) is 5.10 Å². The maximum atomic E-state index is 13.5. The van der Waals surface area contributed by atoms with Crippen molar-refractivity contribution in [2.45, 2.75) is 39.3 Å². The number of rotatable bonds is 10. The molecule has 7 heteroatoms. The van der Waals surface area contributed by atoms with Crippen LogP contribution in [0, 0.1) is 5.82 Å². The topological polar surface area (TPSA) is 64.4 Å². The molecular weight excluding hydrogens is 467 g/mol. The zero-order valence-corrected chi connectivity index (χ0v) is 20.1. The van der Waals surface area contributed by atoms with Crippen molar-refractivity contribution in [2.75, 3.05) is 0 Å². The maximum absolute atomic E-state index is 13.5. The van der Waals surface area contributed by atoms with Gasteiger partial charge in [0.25, 0.3) is 0 Å². The highest BCUT2D eigenvalue weighted by Crippen LogP contribution is 2.34. The van der Waals surface area contributed by atoms with Gasteiger partial charge in [-0.3, -0.25) is 9.48 Å². The van der Waals surface area contributed by atoms with Crippen LogP contribution in [-0.2, 0) is 24.4 Å². The van der Waals surface area contributed by atoms with Crippen LogP contribution in [0.3, 0.4) is 0 Å². The number of ether oxygens (including phenoxy) is 1. The SMILES string of the molecule is CCCCn1nc(-c2cc(CC(=O)O)ccc2OCc2cccc(Cl)c2)cc1-c1ccc(F)cc1. The van der Waals surface area contributed by atoms with Crippen molar-refractivity contribution in [2.24, 2.45) is 0 Å². The standard InChI is InChI=1S/C28H26ClFN2O3/c1-2-3-13-32-26(21-8-10-23(30)11-9-21)17-25(31-32)24-15-19(16-28(33)34)7-12-27(24)35-18-20-5-4-6-22(29)14-20/h4-12,14-15,17H,2-3,13,16,18H2,1H3,(H,33,34). The summed E-state index contributed by atoms with van der Waals surface area (Å²) in [6.45, 7) is 3.11. The summed E-state index contributed by atoms with van der Waals surface area (Å²) in [6, 6.07) is 21.0. The van der Waals surface area contributed by atoms with Crippen LogP contribution in [0.4, 0.5) is 4.39 Å². The molecule has 0 bridgehead atoms. The highest BCUT2D eigenvalue weighted by atomic mass is 35.5. The van der Waals surface area contributed by atoms with Gasteiger partial charge in [-0.1, -0.05) is 43.1 Å².